The van der Waals surface area contributed by atoms with Crippen molar-refractivity contribution in [2.45, 2.75) is 58.0 Å². The van der Waals surface area contributed by atoms with E-state index < -0.39 is 17.8 Å². The van der Waals surface area contributed by atoms with Crippen molar-refractivity contribution in [2.75, 3.05) is 13.2 Å². The summed E-state index contributed by atoms with van der Waals surface area (Å²) < 4.78 is 6.10. The van der Waals surface area contributed by atoms with Crippen molar-refractivity contribution >= 4 is 29.8 Å². The third-order valence-electron chi connectivity index (χ3n) is 6.22. The molecule has 196 valence electrons. The highest BCUT2D eigenvalue weighted by Crippen LogP contribution is 2.27. The van der Waals surface area contributed by atoms with Crippen LogP contribution in [0.2, 0.25) is 0 Å². The largest absolute Gasteiger partial charge is 0.363 e. The Morgan fingerprint density at radius 2 is 1.73 bits per heavy atom. The summed E-state index contributed by atoms with van der Waals surface area (Å²) in [7, 11) is 0. The molecule has 1 unspecified atom stereocenters. The van der Waals surface area contributed by atoms with Crippen LogP contribution in [-0.2, 0) is 35.2 Å². The van der Waals surface area contributed by atoms with Gasteiger partial charge in [0.15, 0.2) is 0 Å². The van der Waals surface area contributed by atoms with E-state index in [1.807, 2.05) is 36.4 Å². The molecule has 3 amide bonds. The van der Waals surface area contributed by atoms with Gasteiger partial charge >= 0.3 is 5.97 Å². The molecule has 1 fully saturated rings. The van der Waals surface area contributed by atoms with Crippen LogP contribution < -0.4 is 5.32 Å². The molecule has 0 saturated carbocycles. The summed E-state index contributed by atoms with van der Waals surface area (Å²) in [5.74, 6) is -1.80. The second kappa shape index (κ2) is 14.1. The Morgan fingerprint density at radius 3 is 2.46 bits per heavy atom. The lowest BCUT2D eigenvalue weighted by Gasteiger charge is -2.21. The number of hydrogen-bond donors (Lipinski definition) is 1. The minimum Gasteiger partial charge on any atom is -0.363 e. The Labute approximate surface area is 217 Å². The first-order valence-electron chi connectivity index (χ1n) is 12.6. The molecule has 8 nitrogen and oxygen atoms in total. The molecule has 0 aromatic heterocycles. The number of amides is 3. The van der Waals surface area contributed by atoms with Crippen LogP contribution in [0.25, 0.3) is 6.08 Å². The SMILES string of the molecule is C=Cc1ccccc1C(Cc1ccccc1C)OCC(=O)NCCCCCC(=O)ON1C(=O)CCC1=O. The first kappa shape index (κ1) is 27.8. The van der Waals surface area contributed by atoms with E-state index in [2.05, 4.69) is 31.0 Å². The minimum absolute atomic E-state index is 0.0724. The fourth-order valence-electron chi connectivity index (χ4n) is 4.12. The van der Waals surface area contributed by atoms with Gasteiger partial charge in [0.25, 0.3) is 11.8 Å². The topological polar surface area (TPSA) is 102 Å². The van der Waals surface area contributed by atoms with E-state index in [-0.39, 0.29) is 37.9 Å². The third kappa shape index (κ3) is 8.39. The van der Waals surface area contributed by atoms with Crippen LogP contribution in [0.4, 0.5) is 0 Å². The molecule has 1 N–H and O–H groups in total. The summed E-state index contributed by atoms with van der Waals surface area (Å²) >= 11 is 0. The first-order valence-corrected chi connectivity index (χ1v) is 12.6. The zero-order chi connectivity index (χ0) is 26.6. The predicted octanol–water partition coefficient (Wildman–Crippen LogP) is 4.22. The number of carbonyl (C=O) groups is 4. The van der Waals surface area contributed by atoms with Crippen LogP contribution in [0.3, 0.4) is 0 Å². The van der Waals surface area contributed by atoms with E-state index in [0.29, 0.717) is 37.3 Å². The second-order valence-corrected chi connectivity index (χ2v) is 8.97. The number of ether oxygens (including phenoxy) is 1. The molecule has 1 aliphatic heterocycles. The lowest BCUT2D eigenvalue weighted by Crippen LogP contribution is -2.32. The van der Waals surface area contributed by atoms with Gasteiger partial charge in [-0.15, -0.1) is 5.06 Å². The quantitative estimate of drug-likeness (QED) is 0.304. The van der Waals surface area contributed by atoms with Crippen molar-refractivity contribution in [1.29, 1.82) is 0 Å². The zero-order valence-corrected chi connectivity index (χ0v) is 21.2. The summed E-state index contributed by atoms with van der Waals surface area (Å²) in [6, 6.07) is 16.0. The molecule has 2 aromatic carbocycles. The summed E-state index contributed by atoms with van der Waals surface area (Å²) in [6.45, 7) is 6.34. The Balaban J connectivity index is 1.41. The van der Waals surface area contributed by atoms with E-state index in [4.69, 9.17) is 9.57 Å². The van der Waals surface area contributed by atoms with E-state index in [1.165, 1.54) is 5.56 Å². The lowest BCUT2D eigenvalue weighted by atomic mass is 9.95. The number of hydrogen-bond acceptors (Lipinski definition) is 6. The van der Waals surface area contributed by atoms with Gasteiger partial charge in [0.1, 0.15) is 6.61 Å². The van der Waals surface area contributed by atoms with Gasteiger partial charge in [0.05, 0.1) is 6.10 Å². The van der Waals surface area contributed by atoms with E-state index >= 15 is 0 Å². The average Bonchev–Trinajstić information content (AvgIpc) is 3.21. The molecule has 2 aromatic rings. The number of benzene rings is 2. The molecule has 8 heteroatoms. The fraction of sp³-hybridized carbons (Fsp3) is 0.379. The molecule has 37 heavy (non-hydrogen) atoms. The number of carbonyl (C=O) groups excluding carboxylic acids is 4. The zero-order valence-electron chi connectivity index (χ0n) is 21.2. The second-order valence-electron chi connectivity index (χ2n) is 8.97. The van der Waals surface area contributed by atoms with Gasteiger partial charge in [0.2, 0.25) is 5.91 Å². The van der Waals surface area contributed by atoms with Crippen LogP contribution in [-0.4, -0.2) is 41.9 Å². The molecule has 0 aliphatic carbocycles. The Hall–Kier alpha value is -3.78. The monoisotopic (exact) mass is 506 g/mol. The van der Waals surface area contributed by atoms with E-state index in [9.17, 15) is 19.2 Å². The van der Waals surface area contributed by atoms with Crippen LogP contribution in [0, 0.1) is 6.92 Å². The fourth-order valence-corrected chi connectivity index (χ4v) is 4.12. The van der Waals surface area contributed by atoms with Crippen LogP contribution in [0.15, 0.2) is 55.1 Å². The van der Waals surface area contributed by atoms with Crippen molar-refractivity contribution < 1.29 is 28.8 Å². The van der Waals surface area contributed by atoms with Gasteiger partial charge in [-0.3, -0.25) is 14.4 Å². The molecule has 0 bridgehead atoms. The lowest BCUT2D eigenvalue weighted by molar-refractivity contribution is -0.197. The van der Waals surface area contributed by atoms with Gasteiger partial charge in [-0.1, -0.05) is 67.6 Å². The van der Waals surface area contributed by atoms with E-state index in [1.54, 1.807) is 6.08 Å². The predicted molar refractivity (Wildman–Crippen MR) is 139 cm³/mol. The minimum atomic E-state index is -0.611. The summed E-state index contributed by atoms with van der Waals surface area (Å²) in [5, 5.41) is 3.41. The molecular formula is C29H34N2O6. The maximum Gasteiger partial charge on any atom is 0.333 e. The summed E-state index contributed by atoms with van der Waals surface area (Å²) in [6.07, 6.45) is 4.24. The number of nitrogens with zero attached hydrogens (tertiary/aromatic N) is 1. The number of nitrogens with one attached hydrogen (secondary N) is 1. The van der Waals surface area contributed by atoms with Gasteiger partial charge in [-0.05, 0) is 42.0 Å². The van der Waals surface area contributed by atoms with Crippen molar-refractivity contribution in [1.82, 2.24) is 10.4 Å². The first-order chi connectivity index (χ1) is 17.9. The Morgan fingerprint density at radius 1 is 1.03 bits per heavy atom. The number of imide groups is 1. The third-order valence-corrected chi connectivity index (χ3v) is 6.22. The van der Waals surface area contributed by atoms with Gasteiger partial charge in [0, 0.05) is 32.2 Å². The van der Waals surface area contributed by atoms with Crippen LogP contribution >= 0.6 is 0 Å². The summed E-state index contributed by atoms with van der Waals surface area (Å²) in [5.41, 5.74) is 4.28. The molecule has 1 atom stereocenters. The highest BCUT2D eigenvalue weighted by atomic mass is 16.7. The molecule has 3 rings (SSSR count). The van der Waals surface area contributed by atoms with E-state index in [0.717, 1.165) is 16.7 Å². The van der Waals surface area contributed by atoms with Crippen molar-refractivity contribution in [3.05, 3.63) is 77.4 Å². The van der Waals surface area contributed by atoms with Gasteiger partial charge in [-0.25, -0.2) is 4.79 Å². The maximum absolute atomic E-state index is 12.4. The maximum atomic E-state index is 12.4. The Kier molecular flexibility index (Phi) is 10.6. The Bertz CT molecular complexity index is 1110. The van der Waals surface area contributed by atoms with Crippen molar-refractivity contribution in [3.8, 4) is 0 Å². The van der Waals surface area contributed by atoms with Gasteiger partial charge in [-0.2, -0.15) is 0 Å². The molecule has 1 saturated heterocycles. The standard InChI is InChI=1S/C29H34N2O6/c1-3-22-12-8-9-14-24(22)25(19-23-13-7-6-11-21(23)2)36-20-26(32)30-18-10-4-5-15-29(35)37-31-27(33)16-17-28(31)34/h3,6-9,11-14,25H,1,4-5,10,15-20H2,2H3,(H,30,32). The molecular weight excluding hydrogens is 472 g/mol. The number of rotatable bonds is 14. The molecule has 1 heterocycles. The van der Waals surface area contributed by atoms with Crippen LogP contribution in [0.1, 0.15) is 66.9 Å². The molecule has 0 radical (unpaired) electrons. The van der Waals surface area contributed by atoms with Crippen LogP contribution in [0.5, 0.6) is 0 Å². The van der Waals surface area contributed by atoms with Gasteiger partial charge < -0.3 is 14.9 Å². The number of aryl methyl sites for hydroxylation is 1. The summed E-state index contributed by atoms with van der Waals surface area (Å²) in [4.78, 5) is 52.1. The molecule has 0 spiro atoms. The normalized spacial score (nSPS) is 13.9. The number of unbranched alkanes of at least 4 members (excludes halogenated alkanes) is 2. The highest BCUT2D eigenvalue weighted by Gasteiger charge is 2.32. The highest BCUT2D eigenvalue weighted by molar-refractivity contribution is 6.01. The number of hydroxylamine groups is 2. The van der Waals surface area contributed by atoms with Crippen molar-refractivity contribution in [2.24, 2.45) is 0 Å². The molecule has 1 aliphatic rings. The van der Waals surface area contributed by atoms with Crippen molar-refractivity contribution in [3.63, 3.8) is 0 Å². The average molecular weight is 507 g/mol. The smallest absolute Gasteiger partial charge is 0.333 e.